The van der Waals surface area contributed by atoms with Gasteiger partial charge in [0.15, 0.2) is 0 Å². The third kappa shape index (κ3) is 3.65. The lowest BCUT2D eigenvalue weighted by atomic mass is 10.1. The molecule has 2 unspecified atom stereocenters. The van der Waals surface area contributed by atoms with E-state index in [9.17, 15) is 0 Å². The van der Waals surface area contributed by atoms with Crippen LogP contribution >= 0.6 is 0 Å². The van der Waals surface area contributed by atoms with Gasteiger partial charge in [-0.15, -0.1) is 0 Å². The minimum absolute atomic E-state index is 0.124. The molecule has 1 aromatic carbocycles. The smallest absolute Gasteiger partial charge is 0.243 e. The summed E-state index contributed by atoms with van der Waals surface area (Å²) in [4.78, 5) is 4.37. The summed E-state index contributed by atoms with van der Waals surface area (Å²) < 4.78 is 10.6. The lowest BCUT2D eigenvalue weighted by molar-refractivity contribution is 0.0854. The second kappa shape index (κ2) is 7.17. The Balaban J connectivity index is 2.04. The predicted molar refractivity (Wildman–Crippen MR) is 76.0 cm³/mol. The summed E-state index contributed by atoms with van der Waals surface area (Å²) in [6.45, 7) is 2.09. The van der Waals surface area contributed by atoms with Crippen LogP contribution in [0.15, 0.2) is 34.9 Å². The van der Waals surface area contributed by atoms with Crippen molar-refractivity contribution in [3.8, 4) is 0 Å². The molecule has 1 aromatic heterocycles. The maximum absolute atomic E-state index is 6.12. The first-order valence-corrected chi connectivity index (χ1v) is 6.90. The molecule has 0 fully saturated rings. The summed E-state index contributed by atoms with van der Waals surface area (Å²) in [5.41, 5.74) is 7.27. The van der Waals surface area contributed by atoms with Crippen LogP contribution in [0.5, 0.6) is 0 Å². The second-order valence-corrected chi connectivity index (χ2v) is 4.80. The largest absolute Gasteiger partial charge is 0.373 e. The maximum Gasteiger partial charge on any atom is 0.243 e. The van der Waals surface area contributed by atoms with Crippen LogP contribution < -0.4 is 5.73 Å². The predicted octanol–water partition coefficient (Wildman–Crippen LogP) is 2.80. The van der Waals surface area contributed by atoms with Gasteiger partial charge in [0.1, 0.15) is 6.10 Å². The van der Waals surface area contributed by atoms with E-state index in [1.54, 1.807) is 7.11 Å². The third-order valence-corrected chi connectivity index (χ3v) is 3.20. The van der Waals surface area contributed by atoms with E-state index in [4.69, 9.17) is 15.0 Å². The van der Waals surface area contributed by atoms with Gasteiger partial charge in [0, 0.05) is 7.11 Å². The average molecular weight is 275 g/mol. The van der Waals surface area contributed by atoms with Gasteiger partial charge >= 0.3 is 0 Å². The highest BCUT2D eigenvalue weighted by Gasteiger charge is 2.20. The number of methoxy groups -OCH3 is 1. The molecule has 0 saturated carbocycles. The summed E-state index contributed by atoms with van der Waals surface area (Å²) in [6.07, 6.45) is 2.41. The first kappa shape index (κ1) is 14.7. The van der Waals surface area contributed by atoms with Crippen LogP contribution in [0, 0.1) is 0 Å². The fraction of sp³-hybridized carbons (Fsp3) is 0.467. The van der Waals surface area contributed by atoms with Gasteiger partial charge in [0.05, 0.1) is 6.04 Å². The molecule has 0 radical (unpaired) electrons. The lowest BCUT2D eigenvalue weighted by Crippen LogP contribution is -2.14. The molecular formula is C15H21N3O2. The molecule has 5 nitrogen and oxygen atoms in total. The highest BCUT2D eigenvalue weighted by Crippen LogP contribution is 2.21. The standard InChI is InChI=1S/C15H21N3O2/c1-3-7-13(19-2)14-17-15(20-18-14)12(16)10-11-8-5-4-6-9-11/h4-6,8-9,12-13H,3,7,10,16H2,1-2H3. The molecule has 2 rings (SSSR count). The van der Waals surface area contributed by atoms with Gasteiger partial charge < -0.3 is 15.0 Å². The molecule has 2 aromatic rings. The molecular weight excluding hydrogens is 254 g/mol. The first-order valence-electron chi connectivity index (χ1n) is 6.90. The molecule has 0 aliphatic heterocycles. The monoisotopic (exact) mass is 275 g/mol. The number of ether oxygens (including phenoxy) is 1. The van der Waals surface area contributed by atoms with E-state index < -0.39 is 0 Å². The zero-order valence-electron chi connectivity index (χ0n) is 12.0. The van der Waals surface area contributed by atoms with Crippen LogP contribution in [0.4, 0.5) is 0 Å². The highest BCUT2D eigenvalue weighted by atomic mass is 16.5. The quantitative estimate of drug-likeness (QED) is 0.841. The van der Waals surface area contributed by atoms with Crippen LogP contribution in [0.3, 0.4) is 0 Å². The number of benzene rings is 1. The van der Waals surface area contributed by atoms with E-state index in [2.05, 4.69) is 17.1 Å². The lowest BCUT2D eigenvalue weighted by Gasteiger charge is -2.09. The Morgan fingerprint density at radius 2 is 2.05 bits per heavy atom. The molecule has 0 saturated heterocycles. The molecule has 2 N–H and O–H groups in total. The summed E-state index contributed by atoms with van der Waals surface area (Å²) in [7, 11) is 1.65. The molecule has 0 aliphatic rings. The Labute approximate surface area is 119 Å². The number of aromatic nitrogens is 2. The molecule has 5 heteroatoms. The van der Waals surface area contributed by atoms with Crippen molar-refractivity contribution >= 4 is 0 Å². The number of hydrogen-bond donors (Lipinski definition) is 1. The number of rotatable bonds is 7. The van der Waals surface area contributed by atoms with Gasteiger partial charge in [-0.05, 0) is 18.4 Å². The number of hydrogen-bond acceptors (Lipinski definition) is 5. The van der Waals surface area contributed by atoms with Crippen LogP contribution in [-0.2, 0) is 11.2 Å². The molecule has 0 spiro atoms. The van der Waals surface area contributed by atoms with Gasteiger partial charge in [-0.25, -0.2) is 0 Å². The van der Waals surface area contributed by atoms with Gasteiger partial charge in [-0.1, -0.05) is 48.8 Å². The maximum atomic E-state index is 6.12. The van der Waals surface area contributed by atoms with Crippen molar-refractivity contribution in [2.75, 3.05) is 7.11 Å². The summed E-state index contributed by atoms with van der Waals surface area (Å²) >= 11 is 0. The van der Waals surface area contributed by atoms with Gasteiger partial charge in [-0.3, -0.25) is 0 Å². The van der Waals surface area contributed by atoms with Crippen molar-refractivity contribution in [3.05, 3.63) is 47.6 Å². The molecule has 2 atom stereocenters. The zero-order chi connectivity index (χ0) is 14.4. The van der Waals surface area contributed by atoms with E-state index in [1.165, 1.54) is 0 Å². The zero-order valence-corrected chi connectivity index (χ0v) is 12.0. The Morgan fingerprint density at radius 1 is 1.30 bits per heavy atom. The Bertz CT molecular complexity index is 513. The Kier molecular flexibility index (Phi) is 5.26. The van der Waals surface area contributed by atoms with Crippen LogP contribution in [-0.4, -0.2) is 17.3 Å². The fourth-order valence-electron chi connectivity index (χ4n) is 2.10. The SMILES string of the molecule is CCCC(OC)c1noc(C(N)Cc2ccccc2)n1. The molecule has 0 amide bonds. The van der Waals surface area contributed by atoms with Crippen molar-refractivity contribution in [2.24, 2.45) is 5.73 Å². The summed E-state index contributed by atoms with van der Waals surface area (Å²) in [6, 6.07) is 9.73. The molecule has 20 heavy (non-hydrogen) atoms. The van der Waals surface area contributed by atoms with Gasteiger partial charge in [0.2, 0.25) is 11.7 Å². The van der Waals surface area contributed by atoms with Crippen molar-refractivity contribution in [1.82, 2.24) is 10.1 Å². The van der Waals surface area contributed by atoms with E-state index in [1.807, 2.05) is 30.3 Å². The van der Waals surface area contributed by atoms with Crippen LogP contribution in [0.2, 0.25) is 0 Å². The molecule has 1 heterocycles. The van der Waals surface area contributed by atoms with Crippen molar-refractivity contribution in [1.29, 1.82) is 0 Å². The minimum Gasteiger partial charge on any atom is -0.373 e. The van der Waals surface area contributed by atoms with Gasteiger partial charge in [0.25, 0.3) is 0 Å². The van der Waals surface area contributed by atoms with E-state index in [0.717, 1.165) is 18.4 Å². The van der Waals surface area contributed by atoms with Crippen molar-refractivity contribution in [2.45, 2.75) is 38.3 Å². The third-order valence-electron chi connectivity index (χ3n) is 3.20. The molecule has 108 valence electrons. The first-order chi connectivity index (χ1) is 9.74. The topological polar surface area (TPSA) is 74.2 Å². The number of nitrogens with zero attached hydrogens (tertiary/aromatic N) is 2. The van der Waals surface area contributed by atoms with E-state index >= 15 is 0 Å². The molecule has 0 aliphatic carbocycles. The summed E-state index contributed by atoms with van der Waals surface area (Å²) in [5.74, 6) is 1.04. The molecule has 0 bridgehead atoms. The minimum atomic E-state index is -0.294. The normalized spacial score (nSPS) is 14.2. The average Bonchev–Trinajstić information content (AvgIpc) is 2.95. The van der Waals surface area contributed by atoms with Gasteiger partial charge in [-0.2, -0.15) is 4.98 Å². The van der Waals surface area contributed by atoms with Crippen LogP contribution in [0.25, 0.3) is 0 Å². The second-order valence-electron chi connectivity index (χ2n) is 4.80. The Morgan fingerprint density at radius 3 is 2.70 bits per heavy atom. The highest BCUT2D eigenvalue weighted by molar-refractivity contribution is 5.16. The van der Waals surface area contributed by atoms with Crippen LogP contribution in [0.1, 0.15) is 49.2 Å². The Hall–Kier alpha value is -1.72. The van der Waals surface area contributed by atoms with E-state index in [0.29, 0.717) is 18.1 Å². The van der Waals surface area contributed by atoms with Crippen molar-refractivity contribution < 1.29 is 9.26 Å². The summed E-state index contributed by atoms with van der Waals surface area (Å²) in [5, 5.41) is 3.98. The van der Waals surface area contributed by atoms with Crippen molar-refractivity contribution in [3.63, 3.8) is 0 Å². The van der Waals surface area contributed by atoms with E-state index in [-0.39, 0.29) is 12.1 Å². The number of nitrogens with two attached hydrogens (primary N) is 1. The fourth-order valence-corrected chi connectivity index (χ4v) is 2.10.